The number of ether oxygens (including phenoxy) is 1. The second-order valence-corrected chi connectivity index (χ2v) is 7.53. The van der Waals surface area contributed by atoms with Crippen molar-refractivity contribution in [3.63, 3.8) is 0 Å². The number of carbonyl (C=O) groups is 4. The summed E-state index contributed by atoms with van der Waals surface area (Å²) in [5.41, 5.74) is -0.304. The zero-order chi connectivity index (χ0) is 22.8. The van der Waals surface area contributed by atoms with Crippen molar-refractivity contribution in [3.05, 3.63) is 35.4 Å². The molecule has 2 atom stereocenters. The van der Waals surface area contributed by atoms with Crippen molar-refractivity contribution in [3.8, 4) is 0 Å². The Balaban J connectivity index is 1.59. The minimum atomic E-state index is -0.982. The van der Waals surface area contributed by atoms with Crippen LogP contribution in [0.25, 0.3) is 0 Å². The molecule has 8 nitrogen and oxygen atoms in total. The van der Waals surface area contributed by atoms with E-state index in [0.717, 1.165) is 37.8 Å². The Kier molecular flexibility index (Phi) is 9.36. The van der Waals surface area contributed by atoms with Crippen molar-refractivity contribution < 1.29 is 32.7 Å². The molecule has 0 aromatic heterocycles. The molecule has 1 fully saturated rings. The molecule has 4 amide bonds. The van der Waals surface area contributed by atoms with E-state index in [1.165, 1.54) is 0 Å². The van der Waals surface area contributed by atoms with Crippen LogP contribution in [0.15, 0.2) is 18.2 Å². The van der Waals surface area contributed by atoms with E-state index in [4.69, 9.17) is 4.74 Å². The lowest BCUT2D eigenvalue weighted by molar-refractivity contribution is -0.148. The molecule has 1 saturated carbocycles. The number of benzene rings is 1. The first-order valence-electron chi connectivity index (χ1n) is 10.3. The number of rotatable bonds is 8. The summed E-state index contributed by atoms with van der Waals surface area (Å²) in [4.78, 5) is 47.1. The van der Waals surface area contributed by atoms with Crippen LogP contribution in [0.4, 0.5) is 13.6 Å². The largest absolute Gasteiger partial charge is 0.456 e. The highest BCUT2D eigenvalue weighted by atomic mass is 19.1. The fraction of sp³-hybridized carbons (Fsp3) is 0.524. The lowest BCUT2D eigenvalue weighted by Crippen LogP contribution is -2.48. The summed E-state index contributed by atoms with van der Waals surface area (Å²) >= 11 is 0. The molecule has 31 heavy (non-hydrogen) atoms. The van der Waals surface area contributed by atoms with Gasteiger partial charge in [-0.2, -0.15) is 0 Å². The standard InChI is InChI=1S/C21H27F2N3O5/c1-13-5-2-3-6-17(13)25-21(30)26-18(27)12-31-19(28)7-4-10-24-20(29)15-9-8-14(22)11-16(15)23/h8-9,11,13,17H,2-7,10,12H2,1H3,(H,24,29)(H2,25,26,27,30). The number of urea groups is 1. The first-order valence-corrected chi connectivity index (χ1v) is 10.3. The van der Waals surface area contributed by atoms with Crippen molar-refractivity contribution in [2.75, 3.05) is 13.2 Å². The van der Waals surface area contributed by atoms with Gasteiger partial charge in [0, 0.05) is 25.1 Å². The van der Waals surface area contributed by atoms with Crippen LogP contribution in [-0.4, -0.2) is 43.0 Å². The fourth-order valence-corrected chi connectivity index (χ4v) is 3.32. The third-order valence-corrected chi connectivity index (χ3v) is 5.06. The summed E-state index contributed by atoms with van der Waals surface area (Å²) in [5, 5.41) is 7.29. The van der Waals surface area contributed by atoms with Gasteiger partial charge in [-0.3, -0.25) is 19.7 Å². The van der Waals surface area contributed by atoms with Gasteiger partial charge in [0.1, 0.15) is 11.6 Å². The molecule has 0 saturated heterocycles. The van der Waals surface area contributed by atoms with Crippen LogP contribution in [0.3, 0.4) is 0 Å². The zero-order valence-electron chi connectivity index (χ0n) is 17.3. The van der Waals surface area contributed by atoms with Crippen molar-refractivity contribution in [2.45, 2.75) is 51.5 Å². The van der Waals surface area contributed by atoms with Gasteiger partial charge in [-0.15, -0.1) is 0 Å². The summed E-state index contributed by atoms with van der Waals surface area (Å²) in [5.74, 6) is -3.59. The summed E-state index contributed by atoms with van der Waals surface area (Å²) in [6.07, 6.45) is 4.14. The summed E-state index contributed by atoms with van der Waals surface area (Å²) < 4.78 is 31.2. The number of carbonyl (C=O) groups excluding carboxylic acids is 4. The molecule has 3 N–H and O–H groups in total. The lowest BCUT2D eigenvalue weighted by Gasteiger charge is -2.29. The van der Waals surface area contributed by atoms with E-state index >= 15 is 0 Å². The third-order valence-electron chi connectivity index (χ3n) is 5.06. The SMILES string of the molecule is CC1CCCCC1NC(=O)NC(=O)COC(=O)CCCNC(=O)c1ccc(F)cc1F. The maximum absolute atomic E-state index is 13.5. The lowest BCUT2D eigenvalue weighted by atomic mass is 9.86. The van der Waals surface area contributed by atoms with Gasteiger partial charge in [0.2, 0.25) is 0 Å². The maximum atomic E-state index is 13.5. The van der Waals surface area contributed by atoms with Gasteiger partial charge in [-0.05, 0) is 37.3 Å². The van der Waals surface area contributed by atoms with Gasteiger partial charge < -0.3 is 15.4 Å². The van der Waals surface area contributed by atoms with Gasteiger partial charge in [0.05, 0.1) is 5.56 Å². The van der Waals surface area contributed by atoms with Crippen molar-refractivity contribution in [1.82, 2.24) is 16.0 Å². The highest BCUT2D eigenvalue weighted by molar-refractivity contribution is 5.95. The van der Waals surface area contributed by atoms with E-state index in [0.29, 0.717) is 12.0 Å². The highest BCUT2D eigenvalue weighted by Gasteiger charge is 2.23. The highest BCUT2D eigenvalue weighted by Crippen LogP contribution is 2.23. The number of hydrogen-bond acceptors (Lipinski definition) is 5. The average molecular weight is 439 g/mol. The topological polar surface area (TPSA) is 114 Å². The van der Waals surface area contributed by atoms with Crippen LogP contribution in [0.2, 0.25) is 0 Å². The van der Waals surface area contributed by atoms with Crippen LogP contribution in [0.5, 0.6) is 0 Å². The monoisotopic (exact) mass is 439 g/mol. The van der Waals surface area contributed by atoms with Gasteiger partial charge in [0.25, 0.3) is 11.8 Å². The molecular weight excluding hydrogens is 412 g/mol. The van der Waals surface area contributed by atoms with Crippen molar-refractivity contribution in [2.24, 2.45) is 5.92 Å². The molecule has 0 heterocycles. The van der Waals surface area contributed by atoms with E-state index in [-0.39, 0.29) is 31.0 Å². The third kappa shape index (κ3) is 8.31. The Hall–Kier alpha value is -3.04. The molecule has 0 bridgehead atoms. The molecule has 1 aromatic carbocycles. The molecule has 0 aliphatic heterocycles. The van der Waals surface area contributed by atoms with Crippen molar-refractivity contribution >= 4 is 23.8 Å². The molecular formula is C21H27F2N3O5. The number of hydrogen-bond donors (Lipinski definition) is 3. The molecule has 10 heteroatoms. The molecule has 0 radical (unpaired) electrons. The minimum absolute atomic E-state index is 0.0164. The minimum Gasteiger partial charge on any atom is -0.456 e. The fourth-order valence-electron chi connectivity index (χ4n) is 3.32. The van der Waals surface area contributed by atoms with Gasteiger partial charge >= 0.3 is 12.0 Å². The van der Waals surface area contributed by atoms with E-state index in [2.05, 4.69) is 16.0 Å². The number of imide groups is 1. The predicted octanol–water partition coefficient (Wildman–Crippen LogP) is 2.42. The molecule has 0 spiro atoms. The second-order valence-electron chi connectivity index (χ2n) is 7.53. The molecule has 1 aliphatic rings. The number of halogens is 2. The van der Waals surface area contributed by atoms with Crippen LogP contribution in [0.1, 0.15) is 55.8 Å². The van der Waals surface area contributed by atoms with Crippen molar-refractivity contribution in [1.29, 1.82) is 0 Å². The molecule has 2 unspecified atom stereocenters. The maximum Gasteiger partial charge on any atom is 0.321 e. The molecule has 2 rings (SSSR count). The van der Waals surface area contributed by atoms with Crippen LogP contribution < -0.4 is 16.0 Å². The van der Waals surface area contributed by atoms with Gasteiger partial charge in [-0.25, -0.2) is 13.6 Å². The summed E-state index contributed by atoms with van der Waals surface area (Å²) in [7, 11) is 0. The van der Waals surface area contributed by atoms with Gasteiger partial charge in [-0.1, -0.05) is 19.8 Å². The zero-order valence-corrected chi connectivity index (χ0v) is 17.3. The average Bonchev–Trinajstić information content (AvgIpc) is 2.71. The predicted molar refractivity (Wildman–Crippen MR) is 107 cm³/mol. The quantitative estimate of drug-likeness (QED) is 0.425. The van der Waals surface area contributed by atoms with Gasteiger partial charge in [0.15, 0.2) is 6.61 Å². The summed E-state index contributed by atoms with van der Waals surface area (Å²) in [6, 6.07) is 2.00. The Labute approximate surface area is 179 Å². The van der Waals surface area contributed by atoms with Crippen LogP contribution >= 0.6 is 0 Å². The Morgan fingerprint density at radius 2 is 1.87 bits per heavy atom. The number of amides is 4. The van der Waals surface area contributed by atoms with E-state index in [1.807, 2.05) is 6.92 Å². The van der Waals surface area contributed by atoms with E-state index < -0.39 is 42.1 Å². The Morgan fingerprint density at radius 1 is 1.13 bits per heavy atom. The first-order chi connectivity index (χ1) is 14.8. The Morgan fingerprint density at radius 3 is 2.58 bits per heavy atom. The Bertz CT molecular complexity index is 818. The molecule has 170 valence electrons. The van der Waals surface area contributed by atoms with E-state index in [1.54, 1.807) is 0 Å². The number of esters is 1. The molecule has 1 aromatic rings. The van der Waals surface area contributed by atoms with Crippen LogP contribution in [-0.2, 0) is 14.3 Å². The first kappa shape index (κ1) is 24.2. The van der Waals surface area contributed by atoms with E-state index in [9.17, 15) is 28.0 Å². The second kappa shape index (κ2) is 12.0. The molecule has 1 aliphatic carbocycles. The van der Waals surface area contributed by atoms with Crippen LogP contribution in [0, 0.1) is 17.6 Å². The summed E-state index contributed by atoms with van der Waals surface area (Å²) in [6.45, 7) is 1.50. The normalized spacial score (nSPS) is 18.0. The number of nitrogens with one attached hydrogen (secondary N) is 3. The smallest absolute Gasteiger partial charge is 0.321 e.